The molecule has 3 N–H and O–H groups in total. The van der Waals surface area contributed by atoms with Crippen molar-refractivity contribution in [2.45, 2.75) is 19.9 Å². The number of halogens is 2. The molecule has 0 spiro atoms. The minimum Gasteiger partial charge on any atom is -0.478 e. The van der Waals surface area contributed by atoms with Gasteiger partial charge in [-0.25, -0.2) is 9.59 Å². The molecule has 0 radical (unpaired) electrons. The number of carbonyl (C=O) groups is 2. The van der Waals surface area contributed by atoms with E-state index in [-0.39, 0.29) is 16.4 Å². The van der Waals surface area contributed by atoms with Gasteiger partial charge in [-0.3, -0.25) is 9.59 Å². The van der Waals surface area contributed by atoms with Crippen LogP contribution in [0.1, 0.15) is 13.3 Å². The van der Waals surface area contributed by atoms with Crippen LogP contribution in [0.3, 0.4) is 0 Å². The van der Waals surface area contributed by atoms with Gasteiger partial charge in [-0.15, -0.1) is 0 Å². The predicted molar refractivity (Wildman–Crippen MR) is 164 cm³/mol. The first kappa shape index (κ1) is 29.3. The Balaban J connectivity index is 0.000000426. The maximum atomic E-state index is 13.4. The summed E-state index contributed by atoms with van der Waals surface area (Å²) in [4.78, 5) is 50.7. The molecular formula is C31H24Cl2N2O6. The van der Waals surface area contributed by atoms with Crippen molar-refractivity contribution < 1.29 is 19.8 Å². The number of hydrogen-bond acceptors (Lipinski definition) is 4. The topological polar surface area (TPSA) is 129 Å². The van der Waals surface area contributed by atoms with E-state index in [0.29, 0.717) is 66.6 Å². The first-order valence-corrected chi connectivity index (χ1v) is 13.1. The second kappa shape index (κ2) is 12.2. The zero-order valence-corrected chi connectivity index (χ0v) is 23.3. The average molecular weight is 591 g/mol. The summed E-state index contributed by atoms with van der Waals surface area (Å²) in [5.74, 6) is -1.96. The SMILES string of the molecule is C=C/C(=C\C)C(=O)O.O=C(O)/C=C/CCn1c2ccc(Cl)cc2c(=O)c2cc3[nH]c4ccc(Cl)cc4c(=O)c3cc21. The van der Waals surface area contributed by atoms with Crippen molar-refractivity contribution in [1.82, 2.24) is 9.55 Å². The molecule has 0 atom stereocenters. The van der Waals surface area contributed by atoms with E-state index in [2.05, 4.69) is 11.6 Å². The monoisotopic (exact) mass is 590 g/mol. The zero-order valence-electron chi connectivity index (χ0n) is 21.8. The highest BCUT2D eigenvalue weighted by atomic mass is 35.5. The Morgan fingerprint density at radius 2 is 1.49 bits per heavy atom. The van der Waals surface area contributed by atoms with Crippen LogP contribution < -0.4 is 10.9 Å². The second-order valence-electron chi connectivity index (χ2n) is 8.98. The number of aliphatic carboxylic acids is 2. The molecule has 10 heteroatoms. The fourth-order valence-electron chi connectivity index (χ4n) is 4.55. The smallest absolute Gasteiger partial charge is 0.335 e. The number of carboxylic acid groups (broad SMARTS) is 2. The van der Waals surface area contributed by atoms with E-state index in [1.165, 1.54) is 12.2 Å². The summed E-state index contributed by atoms with van der Waals surface area (Å²) in [7, 11) is 0. The van der Waals surface area contributed by atoms with Gasteiger partial charge in [-0.05, 0) is 61.9 Å². The van der Waals surface area contributed by atoms with Gasteiger partial charge in [0.15, 0.2) is 10.9 Å². The molecule has 0 saturated heterocycles. The Morgan fingerprint density at radius 1 is 0.878 bits per heavy atom. The van der Waals surface area contributed by atoms with Gasteiger partial charge < -0.3 is 19.8 Å². The van der Waals surface area contributed by atoms with Crippen LogP contribution in [0.15, 0.2) is 94.6 Å². The summed E-state index contributed by atoms with van der Waals surface area (Å²) in [6.07, 6.45) is 5.86. The molecule has 0 amide bonds. The van der Waals surface area contributed by atoms with Crippen LogP contribution in [0.2, 0.25) is 10.0 Å². The van der Waals surface area contributed by atoms with Crippen LogP contribution in [0.5, 0.6) is 0 Å². The molecule has 5 rings (SSSR count). The number of aromatic amines is 1. The second-order valence-corrected chi connectivity index (χ2v) is 9.86. The van der Waals surface area contributed by atoms with Crippen LogP contribution in [0.4, 0.5) is 0 Å². The van der Waals surface area contributed by atoms with Gasteiger partial charge in [0, 0.05) is 49.7 Å². The van der Waals surface area contributed by atoms with Crippen molar-refractivity contribution in [3.8, 4) is 0 Å². The lowest BCUT2D eigenvalue weighted by molar-refractivity contribution is -0.132. The molecule has 41 heavy (non-hydrogen) atoms. The van der Waals surface area contributed by atoms with E-state index in [0.717, 1.165) is 6.08 Å². The number of nitrogens with zero attached hydrogens (tertiary/aromatic N) is 1. The molecule has 208 valence electrons. The number of benzene rings is 3. The Morgan fingerprint density at radius 3 is 2.10 bits per heavy atom. The number of pyridine rings is 2. The number of carboxylic acids is 2. The number of nitrogens with one attached hydrogen (secondary N) is 1. The highest BCUT2D eigenvalue weighted by Gasteiger charge is 2.15. The van der Waals surface area contributed by atoms with Crippen LogP contribution >= 0.6 is 23.2 Å². The van der Waals surface area contributed by atoms with Gasteiger partial charge in [-0.2, -0.15) is 0 Å². The minimum absolute atomic E-state index is 0.191. The number of aromatic nitrogens is 2. The van der Waals surface area contributed by atoms with E-state index in [1.807, 2.05) is 4.57 Å². The minimum atomic E-state index is -1.03. The number of allylic oxidation sites excluding steroid dienone is 2. The van der Waals surface area contributed by atoms with Crippen molar-refractivity contribution in [2.24, 2.45) is 0 Å². The van der Waals surface area contributed by atoms with Crippen LogP contribution in [-0.4, -0.2) is 31.7 Å². The highest BCUT2D eigenvalue weighted by molar-refractivity contribution is 6.31. The zero-order chi connectivity index (χ0) is 29.8. The molecule has 0 bridgehead atoms. The van der Waals surface area contributed by atoms with Crippen molar-refractivity contribution in [3.05, 3.63) is 115 Å². The fourth-order valence-corrected chi connectivity index (χ4v) is 4.89. The first-order chi connectivity index (χ1) is 19.5. The summed E-state index contributed by atoms with van der Waals surface area (Å²) in [6, 6.07) is 13.5. The molecule has 0 fully saturated rings. The van der Waals surface area contributed by atoms with Crippen LogP contribution in [-0.2, 0) is 16.1 Å². The highest BCUT2D eigenvalue weighted by Crippen LogP contribution is 2.26. The lowest BCUT2D eigenvalue weighted by Crippen LogP contribution is -2.13. The molecule has 0 aliphatic rings. The average Bonchev–Trinajstić information content (AvgIpc) is 2.93. The first-order valence-electron chi connectivity index (χ1n) is 12.4. The molecule has 2 aromatic heterocycles. The van der Waals surface area contributed by atoms with Gasteiger partial charge in [0.25, 0.3) is 0 Å². The third kappa shape index (κ3) is 6.09. The van der Waals surface area contributed by atoms with E-state index in [9.17, 15) is 19.2 Å². The van der Waals surface area contributed by atoms with Crippen LogP contribution in [0, 0.1) is 0 Å². The Kier molecular flexibility index (Phi) is 8.76. The van der Waals surface area contributed by atoms with Crippen molar-refractivity contribution in [3.63, 3.8) is 0 Å². The van der Waals surface area contributed by atoms with Gasteiger partial charge in [0.2, 0.25) is 0 Å². The Labute approximate surface area is 243 Å². The molecular weight excluding hydrogens is 567 g/mol. The molecule has 0 unspecified atom stereocenters. The van der Waals surface area contributed by atoms with Gasteiger partial charge in [0.05, 0.1) is 22.1 Å². The number of hydrogen-bond donors (Lipinski definition) is 3. The van der Waals surface area contributed by atoms with E-state index in [1.54, 1.807) is 61.5 Å². The van der Waals surface area contributed by atoms with Gasteiger partial charge >= 0.3 is 11.9 Å². The Bertz CT molecular complexity index is 2050. The summed E-state index contributed by atoms with van der Waals surface area (Å²) in [5.41, 5.74) is 2.25. The molecule has 0 saturated carbocycles. The third-order valence-electron chi connectivity index (χ3n) is 6.46. The lowest BCUT2D eigenvalue weighted by atomic mass is 10.0. The van der Waals surface area contributed by atoms with Gasteiger partial charge in [0.1, 0.15) is 0 Å². The van der Waals surface area contributed by atoms with Crippen molar-refractivity contribution >= 4 is 78.8 Å². The third-order valence-corrected chi connectivity index (χ3v) is 6.93. The number of aryl methyl sites for hydroxylation is 1. The summed E-state index contributed by atoms with van der Waals surface area (Å²) < 4.78 is 1.91. The lowest BCUT2D eigenvalue weighted by Gasteiger charge is -2.16. The Hall–Kier alpha value is -4.66. The largest absolute Gasteiger partial charge is 0.478 e. The number of H-pyrrole nitrogens is 1. The van der Waals surface area contributed by atoms with Gasteiger partial charge in [-0.1, -0.05) is 48.0 Å². The summed E-state index contributed by atoms with van der Waals surface area (Å²) >= 11 is 12.3. The summed E-state index contributed by atoms with van der Waals surface area (Å²) in [6.45, 7) is 5.37. The quantitative estimate of drug-likeness (QED) is 0.115. The maximum absolute atomic E-state index is 13.4. The molecule has 0 aliphatic carbocycles. The molecule has 2 heterocycles. The standard InChI is InChI=1S/C25H16Cl2N2O4.C6H8O2/c26-13-4-6-19-15(9-13)24(32)16-12-22-18(11-20(16)28-19)25(33)17-10-14(27)5-7-21(17)29(22)8-2-1-3-23(30)31;1-3-5(4-2)6(7)8/h1,3-7,9-12H,2,8H2,(H,28,32)(H,30,31);3-4H,1H2,2H3,(H,7,8)/b3-1+;5-4+. The molecule has 3 aromatic carbocycles. The van der Waals surface area contributed by atoms with Crippen molar-refractivity contribution in [2.75, 3.05) is 0 Å². The number of fused-ring (bicyclic) bond motifs is 4. The van der Waals surface area contributed by atoms with Crippen molar-refractivity contribution in [1.29, 1.82) is 0 Å². The summed E-state index contributed by atoms with van der Waals surface area (Å²) in [5, 5.41) is 19.8. The maximum Gasteiger partial charge on any atom is 0.335 e. The molecule has 8 nitrogen and oxygen atoms in total. The predicted octanol–water partition coefficient (Wildman–Crippen LogP) is 6.69. The van der Waals surface area contributed by atoms with E-state index in [4.69, 9.17) is 33.4 Å². The fraction of sp³-hybridized carbons (Fsp3) is 0.0968. The molecule has 5 aromatic rings. The molecule has 0 aliphatic heterocycles. The van der Waals surface area contributed by atoms with E-state index >= 15 is 0 Å². The number of rotatable bonds is 6. The van der Waals surface area contributed by atoms with E-state index < -0.39 is 11.9 Å². The normalized spacial score (nSPS) is 11.7. The van der Waals surface area contributed by atoms with Crippen LogP contribution in [0.25, 0.3) is 43.6 Å².